The first kappa shape index (κ1) is 16.9. The molecule has 1 aromatic heterocycles. The van der Waals surface area contributed by atoms with Gasteiger partial charge in [-0.3, -0.25) is 14.4 Å². The van der Waals surface area contributed by atoms with Gasteiger partial charge in [-0.2, -0.15) is 5.10 Å². The van der Waals surface area contributed by atoms with Gasteiger partial charge in [0.05, 0.1) is 31.5 Å². The van der Waals surface area contributed by atoms with E-state index in [1.807, 2.05) is 17.9 Å². The molecular formula is C15H26N4O3. The lowest BCUT2D eigenvalue weighted by Gasteiger charge is -2.42. The van der Waals surface area contributed by atoms with Crippen LogP contribution < -0.4 is 5.32 Å². The Morgan fingerprint density at radius 3 is 2.95 bits per heavy atom. The summed E-state index contributed by atoms with van der Waals surface area (Å²) in [6.45, 7) is 5.36. The number of carbonyl (C=O) groups excluding carboxylic acids is 1. The molecule has 1 aliphatic rings. The number of aryl methyl sites for hydroxylation is 2. The first-order valence-electron chi connectivity index (χ1n) is 7.53. The monoisotopic (exact) mass is 310 g/mol. The first-order valence-corrected chi connectivity index (χ1v) is 7.53. The fourth-order valence-corrected chi connectivity index (χ4v) is 2.96. The summed E-state index contributed by atoms with van der Waals surface area (Å²) in [5, 5.41) is 6.95. The third-order valence-corrected chi connectivity index (χ3v) is 4.14. The molecule has 2 rings (SSSR count). The second-order valence-corrected chi connectivity index (χ2v) is 5.92. The van der Waals surface area contributed by atoms with Crippen molar-refractivity contribution in [1.82, 2.24) is 20.0 Å². The normalized spacial score (nSPS) is 22.7. The molecule has 1 amide bonds. The molecule has 0 aromatic carbocycles. The van der Waals surface area contributed by atoms with Crippen LogP contribution in [0.25, 0.3) is 0 Å². The lowest BCUT2D eigenvalue weighted by Crippen LogP contribution is -2.55. The zero-order valence-corrected chi connectivity index (χ0v) is 13.9. The van der Waals surface area contributed by atoms with E-state index in [-0.39, 0.29) is 5.91 Å². The Morgan fingerprint density at radius 2 is 2.36 bits per heavy atom. The number of hydrogen-bond donors (Lipinski definition) is 1. The highest BCUT2D eigenvalue weighted by Gasteiger charge is 2.39. The van der Waals surface area contributed by atoms with Gasteiger partial charge in [-0.05, 0) is 12.5 Å². The van der Waals surface area contributed by atoms with Crippen LogP contribution in [0.1, 0.15) is 17.7 Å². The molecule has 1 N–H and O–H groups in total. The van der Waals surface area contributed by atoms with Crippen molar-refractivity contribution in [1.29, 1.82) is 0 Å². The summed E-state index contributed by atoms with van der Waals surface area (Å²) in [7, 11) is 5.23. The van der Waals surface area contributed by atoms with Crippen LogP contribution in [0.4, 0.5) is 0 Å². The van der Waals surface area contributed by atoms with Gasteiger partial charge in [-0.1, -0.05) is 0 Å². The van der Waals surface area contributed by atoms with Crippen LogP contribution in [0.2, 0.25) is 0 Å². The van der Waals surface area contributed by atoms with Crippen molar-refractivity contribution in [3.8, 4) is 0 Å². The van der Waals surface area contributed by atoms with Crippen LogP contribution in [-0.4, -0.2) is 66.6 Å². The summed E-state index contributed by atoms with van der Waals surface area (Å²) in [5.41, 5.74) is 1.78. The number of aromatic nitrogens is 2. The molecule has 124 valence electrons. The summed E-state index contributed by atoms with van der Waals surface area (Å²) >= 11 is 0. The standard InChI is InChI=1S/C15H26N4O3/c1-12-8-17-18(3)13(12)9-19-5-6-22-15(10-19,11-21-4)7-14(20)16-2/h8H,5-7,9-11H2,1-4H3,(H,16,20). The number of rotatable bonds is 6. The van der Waals surface area contributed by atoms with E-state index in [2.05, 4.69) is 22.2 Å². The molecule has 1 saturated heterocycles. The summed E-state index contributed by atoms with van der Waals surface area (Å²) in [4.78, 5) is 14.1. The molecule has 0 spiro atoms. The zero-order chi connectivity index (χ0) is 16.2. The van der Waals surface area contributed by atoms with Crippen molar-refractivity contribution in [2.45, 2.75) is 25.5 Å². The molecule has 2 heterocycles. The molecule has 0 radical (unpaired) electrons. The van der Waals surface area contributed by atoms with Crippen molar-refractivity contribution < 1.29 is 14.3 Å². The lowest BCUT2D eigenvalue weighted by molar-refractivity contribution is -0.156. The second-order valence-electron chi connectivity index (χ2n) is 5.92. The van der Waals surface area contributed by atoms with Gasteiger partial charge in [0.25, 0.3) is 0 Å². The summed E-state index contributed by atoms with van der Waals surface area (Å²) in [5.74, 6) is -0.0318. The highest BCUT2D eigenvalue weighted by Crippen LogP contribution is 2.24. The second kappa shape index (κ2) is 7.21. The number of hydrogen-bond acceptors (Lipinski definition) is 5. The van der Waals surface area contributed by atoms with E-state index in [9.17, 15) is 4.79 Å². The van der Waals surface area contributed by atoms with Crippen LogP contribution in [0.5, 0.6) is 0 Å². The van der Waals surface area contributed by atoms with Crippen molar-refractivity contribution in [2.24, 2.45) is 7.05 Å². The molecule has 0 bridgehead atoms. The van der Waals surface area contributed by atoms with Crippen LogP contribution in [0, 0.1) is 6.92 Å². The number of amides is 1. The molecule has 7 nitrogen and oxygen atoms in total. The molecule has 1 unspecified atom stereocenters. The number of methoxy groups -OCH3 is 1. The smallest absolute Gasteiger partial charge is 0.222 e. The maximum atomic E-state index is 11.8. The summed E-state index contributed by atoms with van der Waals surface area (Å²) in [6, 6.07) is 0. The molecule has 7 heteroatoms. The Bertz CT molecular complexity index is 493. The topological polar surface area (TPSA) is 68.6 Å². The van der Waals surface area contributed by atoms with E-state index in [1.54, 1.807) is 14.2 Å². The van der Waals surface area contributed by atoms with E-state index in [1.165, 1.54) is 11.3 Å². The van der Waals surface area contributed by atoms with Crippen LogP contribution in [0.15, 0.2) is 6.20 Å². The third-order valence-electron chi connectivity index (χ3n) is 4.14. The Hall–Kier alpha value is -1.44. The zero-order valence-electron chi connectivity index (χ0n) is 13.9. The average Bonchev–Trinajstić information content (AvgIpc) is 2.79. The van der Waals surface area contributed by atoms with Gasteiger partial charge >= 0.3 is 0 Å². The van der Waals surface area contributed by atoms with E-state index < -0.39 is 5.60 Å². The van der Waals surface area contributed by atoms with E-state index >= 15 is 0 Å². The number of nitrogens with one attached hydrogen (secondary N) is 1. The molecule has 22 heavy (non-hydrogen) atoms. The van der Waals surface area contributed by atoms with Gasteiger partial charge in [0, 0.05) is 40.8 Å². The molecule has 0 saturated carbocycles. The van der Waals surface area contributed by atoms with Crippen molar-refractivity contribution >= 4 is 5.91 Å². The Morgan fingerprint density at radius 1 is 1.59 bits per heavy atom. The maximum Gasteiger partial charge on any atom is 0.222 e. The number of carbonyl (C=O) groups is 1. The summed E-state index contributed by atoms with van der Waals surface area (Å²) in [6.07, 6.45) is 2.18. The highest BCUT2D eigenvalue weighted by atomic mass is 16.5. The molecule has 1 fully saturated rings. The quantitative estimate of drug-likeness (QED) is 0.806. The largest absolute Gasteiger partial charge is 0.382 e. The highest BCUT2D eigenvalue weighted by molar-refractivity contribution is 5.76. The van der Waals surface area contributed by atoms with Crippen LogP contribution in [-0.2, 0) is 27.9 Å². The molecule has 1 atom stereocenters. The lowest BCUT2D eigenvalue weighted by atomic mass is 9.97. The predicted molar refractivity (Wildman–Crippen MR) is 82.5 cm³/mol. The fraction of sp³-hybridized carbons (Fsp3) is 0.733. The minimum Gasteiger partial charge on any atom is -0.382 e. The summed E-state index contributed by atoms with van der Waals surface area (Å²) < 4.78 is 13.2. The fourth-order valence-electron chi connectivity index (χ4n) is 2.96. The average molecular weight is 310 g/mol. The Kier molecular flexibility index (Phi) is 5.55. The number of ether oxygens (including phenoxy) is 2. The SMILES string of the molecule is CNC(=O)CC1(COC)CN(Cc2c(C)cnn2C)CCO1. The molecular weight excluding hydrogens is 284 g/mol. The van der Waals surface area contributed by atoms with E-state index in [4.69, 9.17) is 9.47 Å². The third kappa shape index (κ3) is 3.85. The van der Waals surface area contributed by atoms with Crippen molar-refractivity contribution in [3.63, 3.8) is 0 Å². The van der Waals surface area contributed by atoms with Crippen LogP contribution in [0.3, 0.4) is 0 Å². The predicted octanol–water partition coefficient (Wildman–Crippen LogP) is 0.0820. The Labute approximate surface area is 131 Å². The van der Waals surface area contributed by atoms with Gasteiger partial charge < -0.3 is 14.8 Å². The minimum absolute atomic E-state index is 0.0318. The number of morpholine rings is 1. The van der Waals surface area contributed by atoms with Gasteiger partial charge in [-0.25, -0.2) is 0 Å². The van der Waals surface area contributed by atoms with Crippen LogP contribution >= 0.6 is 0 Å². The van der Waals surface area contributed by atoms with E-state index in [0.717, 1.165) is 13.1 Å². The molecule has 0 aliphatic carbocycles. The first-order chi connectivity index (χ1) is 10.5. The van der Waals surface area contributed by atoms with E-state index in [0.29, 0.717) is 26.2 Å². The Balaban J connectivity index is 2.09. The molecule has 1 aliphatic heterocycles. The number of nitrogens with zero attached hydrogens (tertiary/aromatic N) is 3. The van der Waals surface area contributed by atoms with Gasteiger partial charge in [-0.15, -0.1) is 0 Å². The molecule has 1 aromatic rings. The van der Waals surface area contributed by atoms with Crippen molar-refractivity contribution in [2.75, 3.05) is 40.5 Å². The maximum absolute atomic E-state index is 11.8. The van der Waals surface area contributed by atoms with Gasteiger partial charge in [0.15, 0.2) is 0 Å². The van der Waals surface area contributed by atoms with Gasteiger partial charge in [0.2, 0.25) is 5.91 Å². The van der Waals surface area contributed by atoms with Gasteiger partial charge in [0.1, 0.15) is 5.60 Å². The minimum atomic E-state index is -0.584. The van der Waals surface area contributed by atoms with Crippen molar-refractivity contribution in [3.05, 3.63) is 17.5 Å².